The van der Waals surface area contributed by atoms with Gasteiger partial charge in [0.2, 0.25) is 0 Å². The van der Waals surface area contributed by atoms with Crippen molar-refractivity contribution in [2.24, 2.45) is 0 Å². The second kappa shape index (κ2) is 11.4. The van der Waals surface area contributed by atoms with E-state index < -0.39 is 5.97 Å². The van der Waals surface area contributed by atoms with Gasteiger partial charge in [-0.2, -0.15) is 0 Å². The first-order valence-corrected chi connectivity index (χ1v) is 11.4. The Morgan fingerprint density at radius 1 is 0.943 bits per heavy atom. The van der Waals surface area contributed by atoms with E-state index in [4.69, 9.17) is 14.2 Å². The van der Waals surface area contributed by atoms with Gasteiger partial charge in [0.05, 0.1) is 0 Å². The van der Waals surface area contributed by atoms with Gasteiger partial charge in [-0.15, -0.1) is 0 Å². The largest absolute Gasteiger partial charge is 0.490 e. The number of hydrogen-bond donors (Lipinski definition) is 1. The maximum Gasteiger partial charge on any atom is 0.321 e. The number of carbonyl (C=O) groups excluding carboxylic acids is 2. The minimum Gasteiger partial charge on any atom is -0.490 e. The van der Waals surface area contributed by atoms with E-state index in [2.05, 4.69) is 5.32 Å². The van der Waals surface area contributed by atoms with Crippen LogP contribution in [0.25, 0.3) is 0 Å². The van der Waals surface area contributed by atoms with E-state index in [1.165, 1.54) is 19.1 Å². The van der Waals surface area contributed by atoms with Crippen LogP contribution in [0.2, 0.25) is 0 Å². The third-order valence-corrected chi connectivity index (χ3v) is 5.50. The Kier molecular flexibility index (Phi) is 7.82. The van der Waals surface area contributed by atoms with Crippen molar-refractivity contribution in [3.05, 3.63) is 84.2 Å². The van der Waals surface area contributed by atoms with Crippen molar-refractivity contribution in [3.63, 3.8) is 0 Å². The first kappa shape index (κ1) is 24.1. The first-order valence-electron chi connectivity index (χ1n) is 11.4. The lowest BCUT2D eigenvalue weighted by Gasteiger charge is -2.32. The van der Waals surface area contributed by atoms with Gasteiger partial charge in [-0.1, -0.05) is 18.2 Å². The highest BCUT2D eigenvalue weighted by Gasteiger charge is 2.24. The molecule has 0 radical (unpaired) electrons. The quantitative estimate of drug-likeness (QED) is 0.363. The molecule has 8 heteroatoms. The van der Waals surface area contributed by atoms with Crippen LogP contribution in [-0.4, -0.2) is 36.1 Å². The summed E-state index contributed by atoms with van der Waals surface area (Å²) >= 11 is 0. The van der Waals surface area contributed by atoms with Gasteiger partial charge in [0.15, 0.2) is 0 Å². The van der Waals surface area contributed by atoms with Crippen LogP contribution in [-0.2, 0) is 11.4 Å². The normalized spacial score (nSPS) is 13.7. The predicted octanol–water partition coefficient (Wildman–Crippen LogP) is 5.41. The molecule has 1 aliphatic rings. The fourth-order valence-corrected chi connectivity index (χ4v) is 3.78. The summed E-state index contributed by atoms with van der Waals surface area (Å²) in [6.45, 7) is 2.74. The summed E-state index contributed by atoms with van der Waals surface area (Å²) < 4.78 is 30.1. The van der Waals surface area contributed by atoms with Crippen molar-refractivity contribution < 1.29 is 28.2 Å². The van der Waals surface area contributed by atoms with Gasteiger partial charge >= 0.3 is 12.0 Å². The molecule has 0 atom stereocenters. The van der Waals surface area contributed by atoms with Crippen LogP contribution in [0.15, 0.2) is 72.8 Å². The Balaban J connectivity index is 1.21. The number of nitrogens with one attached hydrogen (secondary N) is 1. The van der Waals surface area contributed by atoms with Crippen molar-refractivity contribution >= 4 is 17.7 Å². The van der Waals surface area contributed by atoms with E-state index >= 15 is 0 Å². The molecule has 0 spiro atoms. The summed E-state index contributed by atoms with van der Waals surface area (Å²) in [6, 6.07) is 20.2. The van der Waals surface area contributed by atoms with Gasteiger partial charge in [-0.05, 0) is 54.1 Å². The molecule has 0 unspecified atom stereocenters. The Bertz CT molecular complexity index is 1160. The van der Waals surface area contributed by atoms with Crippen LogP contribution in [0.5, 0.6) is 17.2 Å². The lowest BCUT2D eigenvalue weighted by atomic mass is 10.1. The minimum atomic E-state index is -0.415. The van der Waals surface area contributed by atoms with Crippen molar-refractivity contribution in [2.45, 2.75) is 32.5 Å². The van der Waals surface area contributed by atoms with Gasteiger partial charge in [-0.25, -0.2) is 9.18 Å². The maximum absolute atomic E-state index is 13.3. The second-order valence-electron chi connectivity index (χ2n) is 8.25. The van der Waals surface area contributed by atoms with E-state index in [1.54, 1.807) is 35.2 Å². The molecule has 35 heavy (non-hydrogen) atoms. The fourth-order valence-electron chi connectivity index (χ4n) is 3.78. The number of ether oxygens (including phenoxy) is 3. The first-order chi connectivity index (χ1) is 16.9. The van der Waals surface area contributed by atoms with E-state index in [0.29, 0.717) is 43.1 Å². The SMILES string of the molecule is CC(=O)Oc1cccc(NC(=O)N2CCC(Oc3ccc(OCc4cccc(F)c4)cc3)CC2)c1. The Morgan fingerprint density at radius 3 is 2.37 bits per heavy atom. The Hall–Kier alpha value is -4.07. The summed E-state index contributed by atoms with van der Waals surface area (Å²) in [5.41, 5.74) is 1.32. The average molecular weight is 479 g/mol. The number of halogens is 1. The molecule has 182 valence electrons. The highest BCUT2D eigenvalue weighted by Crippen LogP contribution is 2.24. The average Bonchev–Trinajstić information content (AvgIpc) is 2.84. The van der Waals surface area contributed by atoms with Crippen LogP contribution in [0.1, 0.15) is 25.3 Å². The zero-order chi connectivity index (χ0) is 24.6. The number of rotatable bonds is 7. The van der Waals surface area contributed by atoms with Gasteiger partial charge in [0.1, 0.15) is 35.8 Å². The zero-order valence-corrected chi connectivity index (χ0v) is 19.4. The lowest BCUT2D eigenvalue weighted by Crippen LogP contribution is -2.43. The number of nitrogens with zero attached hydrogens (tertiary/aromatic N) is 1. The summed E-state index contributed by atoms with van der Waals surface area (Å²) in [4.78, 5) is 25.5. The van der Waals surface area contributed by atoms with Crippen LogP contribution in [0.3, 0.4) is 0 Å². The summed E-state index contributed by atoms with van der Waals surface area (Å²) in [5, 5.41) is 2.84. The van der Waals surface area contributed by atoms with Gasteiger partial charge in [0.25, 0.3) is 0 Å². The number of piperidine rings is 1. The van der Waals surface area contributed by atoms with E-state index in [1.807, 2.05) is 30.3 Å². The molecule has 0 aliphatic carbocycles. The molecule has 7 nitrogen and oxygen atoms in total. The summed E-state index contributed by atoms with van der Waals surface area (Å²) in [7, 11) is 0. The lowest BCUT2D eigenvalue weighted by molar-refractivity contribution is -0.131. The topological polar surface area (TPSA) is 77.1 Å². The van der Waals surface area contributed by atoms with E-state index in [9.17, 15) is 14.0 Å². The predicted molar refractivity (Wildman–Crippen MR) is 129 cm³/mol. The molecule has 1 saturated heterocycles. The number of amides is 2. The highest BCUT2D eigenvalue weighted by molar-refractivity contribution is 5.89. The van der Waals surface area contributed by atoms with Gasteiger partial charge in [0, 0.05) is 44.6 Å². The number of anilines is 1. The molecule has 1 N–H and O–H groups in total. The molecule has 1 aliphatic heterocycles. The summed E-state index contributed by atoms with van der Waals surface area (Å²) in [5.74, 6) is 1.08. The zero-order valence-electron chi connectivity index (χ0n) is 19.4. The smallest absolute Gasteiger partial charge is 0.321 e. The third-order valence-electron chi connectivity index (χ3n) is 5.50. The van der Waals surface area contributed by atoms with Gasteiger partial charge < -0.3 is 24.4 Å². The molecule has 0 bridgehead atoms. The third kappa shape index (κ3) is 7.20. The Labute approximate surface area is 203 Å². The summed E-state index contributed by atoms with van der Waals surface area (Å²) in [6.07, 6.45) is 1.42. The molecule has 3 aromatic carbocycles. The Morgan fingerprint density at radius 2 is 1.66 bits per heavy atom. The highest BCUT2D eigenvalue weighted by atomic mass is 19.1. The van der Waals surface area contributed by atoms with Crippen LogP contribution >= 0.6 is 0 Å². The standard InChI is InChI=1S/C27H27FN2O5/c1-19(31)34-26-7-3-6-22(17-26)29-27(32)30-14-12-25(13-15-30)35-24-10-8-23(9-11-24)33-18-20-4-2-5-21(28)16-20/h2-11,16-17,25H,12-15,18H2,1H3,(H,29,32). The molecule has 1 heterocycles. The number of esters is 1. The monoisotopic (exact) mass is 478 g/mol. The van der Waals surface area contributed by atoms with Crippen molar-refractivity contribution in [2.75, 3.05) is 18.4 Å². The molecule has 0 aromatic heterocycles. The van der Waals surface area contributed by atoms with E-state index in [-0.39, 0.29) is 24.6 Å². The van der Waals surface area contributed by atoms with Crippen molar-refractivity contribution in [1.82, 2.24) is 4.90 Å². The van der Waals surface area contributed by atoms with E-state index in [0.717, 1.165) is 11.3 Å². The number of likely N-dealkylation sites (tertiary alicyclic amines) is 1. The van der Waals surface area contributed by atoms with Crippen LogP contribution in [0, 0.1) is 5.82 Å². The molecule has 1 fully saturated rings. The molecular formula is C27H27FN2O5. The molecule has 0 saturated carbocycles. The maximum atomic E-state index is 13.3. The van der Waals surface area contributed by atoms with Gasteiger partial charge in [-0.3, -0.25) is 4.79 Å². The van der Waals surface area contributed by atoms with Crippen LogP contribution < -0.4 is 19.5 Å². The van der Waals surface area contributed by atoms with Crippen molar-refractivity contribution in [3.8, 4) is 17.2 Å². The molecule has 3 aromatic rings. The van der Waals surface area contributed by atoms with Crippen molar-refractivity contribution in [1.29, 1.82) is 0 Å². The number of hydrogen-bond acceptors (Lipinski definition) is 5. The molecule has 2 amide bonds. The second-order valence-corrected chi connectivity index (χ2v) is 8.25. The number of benzene rings is 3. The number of carbonyl (C=O) groups is 2. The minimum absolute atomic E-state index is 0.00501. The fraction of sp³-hybridized carbons (Fsp3) is 0.259. The molecule has 4 rings (SSSR count). The van der Waals surface area contributed by atoms with Crippen LogP contribution in [0.4, 0.5) is 14.9 Å². The molecular weight excluding hydrogens is 451 g/mol. The number of urea groups is 1.